The van der Waals surface area contributed by atoms with Crippen LogP contribution in [0.15, 0.2) is 76.3 Å². The Morgan fingerprint density at radius 1 is 0.667 bits per heavy atom. The molecule has 6 rings (SSSR count). The highest BCUT2D eigenvalue weighted by molar-refractivity contribution is 6.32. The van der Waals surface area contributed by atoms with E-state index in [1.54, 1.807) is 39.5 Å². The summed E-state index contributed by atoms with van der Waals surface area (Å²) in [5.41, 5.74) is 6.27. The third kappa shape index (κ3) is 5.81. The number of halogens is 1. The molecule has 0 saturated carbocycles. The van der Waals surface area contributed by atoms with E-state index in [0.717, 1.165) is 34.2 Å². The highest BCUT2D eigenvalue weighted by Crippen LogP contribution is 2.29. The van der Waals surface area contributed by atoms with Gasteiger partial charge in [-0.2, -0.15) is 0 Å². The molecule has 0 aliphatic carbocycles. The third-order valence-corrected chi connectivity index (χ3v) is 8.43. The number of carbonyl (C=O) groups is 2. The summed E-state index contributed by atoms with van der Waals surface area (Å²) in [5, 5.41) is 21.3. The maximum absolute atomic E-state index is 12.8. The Morgan fingerprint density at radius 2 is 1.16 bits per heavy atom. The number of aryl methyl sites for hydroxylation is 4. The maximum atomic E-state index is 12.8. The first-order valence-electron chi connectivity index (χ1n) is 14.7. The molecule has 4 aromatic carbocycles. The zero-order valence-corrected chi connectivity index (χ0v) is 26.2. The molecule has 8 nitrogen and oxygen atoms in total. The minimum absolute atomic E-state index is 0.0399. The van der Waals surface area contributed by atoms with Crippen LogP contribution in [0.25, 0.3) is 43.6 Å². The summed E-state index contributed by atoms with van der Waals surface area (Å²) in [5.74, 6) is -1.88. The van der Waals surface area contributed by atoms with Gasteiger partial charge in [-0.15, -0.1) is 0 Å². The molecular formula is C36H33ClN2O6. The van der Waals surface area contributed by atoms with Crippen molar-refractivity contribution >= 4 is 67.2 Å². The van der Waals surface area contributed by atoms with Crippen LogP contribution in [0, 0.1) is 13.8 Å². The summed E-state index contributed by atoms with van der Waals surface area (Å²) in [4.78, 5) is 48.3. The lowest BCUT2D eigenvalue weighted by atomic mass is 10.0. The third-order valence-electron chi connectivity index (χ3n) is 8.07. The highest BCUT2D eigenvalue weighted by Gasteiger charge is 2.18. The van der Waals surface area contributed by atoms with Crippen LogP contribution < -0.4 is 10.9 Å². The average molecular weight is 625 g/mol. The van der Waals surface area contributed by atoms with Gasteiger partial charge in [-0.05, 0) is 91.4 Å². The molecule has 230 valence electrons. The molecule has 2 aromatic heterocycles. The average Bonchev–Trinajstić information content (AvgIpc) is 3.00. The van der Waals surface area contributed by atoms with Gasteiger partial charge in [-0.25, -0.2) is 0 Å². The van der Waals surface area contributed by atoms with E-state index in [1.165, 1.54) is 0 Å². The van der Waals surface area contributed by atoms with E-state index < -0.39 is 11.9 Å². The molecule has 2 heterocycles. The van der Waals surface area contributed by atoms with Crippen LogP contribution in [0.1, 0.15) is 36.1 Å². The van der Waals surface area contributed by atoms with Gasteiger partial charge in [0, 0.05) is 26.6 Å². The number of carboxylic acids is 2. The second-order valence-electron chi connectivity index (χ2n) is 11.1. The number of hydrogen-bond acceptors (Lipinski definition) is 4. The van der Waals surface area contributed by atoms with Gasteiger partial charge in [0.2, 0.25) is 0 Å². The largest absolute Gasteiger partial charge is 0.480 e. The van der Waals surface area contributed by atoms with Gasteiger partial charge < -0.3 is 19.3 Å². The molecule has 0 aliphatic rings. The van der Waals surface area contributed by atoms with E-state index >= 15 is 0 Å². The summed E-state index contributed by atoms with van der Waals surface area (Å²) in [6.45, 7) is 7.42. The lowest BCUT2D eigenvalue weighted by Gasteiger charge is -2.17. The van der Waals surface area contributed by atoms with Crippen molar-refractivity contribution in [1.82, 2.24) is 9.13 Å². The number of fused-ring (bicyclic) bond motifs is 4. The first-order chi connectivity index (χ1) is 21.5. The van der Waals surface area contributed by atoms with Crippen molar-refractivity contribution in [2.45, 2.75) is 53.6 Å². The molecule has 0 atom stereocenters. The zero-order chi connectivity index (χ0) is 32.6. The van der Waals surface area contributed by atoms with Gasteiger partial charge in [0.25, 0.3) is 0 Å². The fourth-order valence-corrected chi connectivity index (χ4v) is 6.35. The minimum atomic E-state index is -0.959. The summed E-state index contributed by atoms with van der Waals surface area (Å²) in [6, 6.07) is 20.0. The van der Waals surface area contributed by atoms with Crippen LogP contribution in [-0.4, -0.2) is 31.3 Å². The summed E-state index contributed by atoms with van der Waals surface area (Å²) >= 11 is 6.28. The maximum Gasteiger partial charge on any atom is 0.323 e. The fraction of sp³-hybridized carbons (Fsp3) is 0.222. The Hall–Kier alpha value is -4.95. The Labute approximate surface area is 263 Å². The molecule has 2 N–H and O–H groups in total. The number of aliphatic carboxylic acids is 2. The smallest absolute Gasteiger partial charge is 0.323 e. The molecule has 0 bridgehead atoms. The Balaban J connectivity index is 0.000000178. The number of aromatic nitrogens is 2. The first kappa shape index (κ1) is 31.5. The number of para-hydroxylation sites is 1. The van der Waals surface area contributed by atoms with Gasteiger partial charge in [0.15, 0.2) is 10.9 Å². The topological polar surface area (TPSA) is 119 Å². The number of nitrogens with zero attached hydrogens (tertiary/aromatic N) is 2. The summed E-state index contributed by atoms with van der Waals surface area (Å²) in [6.07, 6.45) is 1.36. The van der Waals surface area contributed by atoms with Crippen LogP contribution >= 0.6 is 11.6 Å². The number of benzene rings is 4. The molecule has 0 radical (unpaired) electrons. The number of carboxylic acid groups (broad SMARTS) is 2. The van der Waals surface area contributed by atoms with Crippen molar-refractivity contribution in [2.75, 3.05) is 0 Å². The van der Waals surface area contributed by atoms with E-state index in [9.17, 15) is 29.4 Å². The predicted molar refractivity (Wildman–Crippen MR) is 180 cm³/mol. The molecule has 0 unspecified atom stereocenters. The van der Waals surface area contributed by atoms with E-state index in [0.29, 0.717) is 49.5 Å². The molecular weight excluding hydrogens is 592 g/mol. The normalized spacial score (nSPS) is 11.2. The monoisotopic (exact) mass is 624 g/mol. The standard InChI is InChI=1S/C18H16ClNO3.C18H17NO3/c1-3-11-14(19)7-6-13-17(11)20(9-16(21)22)15-8-10(2)4-5-12(15)18(13)23;1-3-12-5-4-6-14-17(12)19(10-16(20)21)15-9-11(2)7-8-13(15)18(14)22/h4-8H,3,9H2,1-2H3,(H,21,22);4-9H,3,10H2,1-2H3,(H,20,21). The van der Waals surface area contributed by atoms with E-state index in [-0.39, 0.29) is 23.9 Å². The molecule has 0 spiro atoms. The molecule has 0 amide bonds. The predicted octanol–water partition coefficient (Wildman–Crippen LogP) is 6.87. The van der Waals surface area contributed by atoms with Crippen molar-refractivity contribution in [2.24, 2.45) is 0 Å². The van der Waals surface area contributed by atoms with Crippen molar-refractivity contribution in [1.29, 1.82) is 0 Å². The molecule has 6 aromatic rings. The van der Waals surface area contributed by atoms with Gasteiger partial charge in [-0.1, -0.05) is 49.7 Å². The lowest BCUT2D eigenvalue weighted by Crippen LogP contribution is -2.17. The van der Waals surface area contributed by atoms with E-state index in [4.69, 9.17) is 11.6 Å². The van der Waals surface area contributed by atoms with Gasteiger partial charge >= 0.3 is 11.9 Å². The Kier molecular flexibility index (Phi) is 8.80. The summed E-state index contributed by atoms with van der Waals surface area (Å²) < 4.78 is 3.44. The highest BCUT2D eigenvalue weighted by atomic mass is 35.5. The molecule has 0 fully saturated rings. The Bertz CT molecular complexity index is 2280. The van der Waals surface area contributed by atoms with Crippen molar-refractivity contribution < 1.29 is 19.8 Å². The number of hydrogen-bond donors (Lipinski definition) is 2. The molecule has 9 heteroatoms. The van der Waals surface area contributed by atoms with Crippen LogP contribution in [0.3, 0.4) is 0 Å². The molecule has 0 saturated heterocycles. The minimum Gasteiger partial charge on any atom is -0.480 e. The second-order valence-corrected chi connectivity index (χ2v) is 11.5. The summed E-state index contributed by atoms with van der Waals surface area (Å²) in [7, 11) is 0. The van der Waals surface area contributed by atoms with Crippen molar-refractivity contribution in [3.8, 4) is 0 Å². The molecule has 0 aliphatic heterocycles. The quantitative estimate of drug-likeness (QED) is 0.195. The first-order valence-corrected chi connectivity index (χ1v) is 15.1. The van der Waals surface area contributed by atoms with Crippen LogP contribution in [0.2, 0.25) is 5.02 Å². The molecule has 45 heavy (non-hydrogen) atoms. The van der Waals surface area contributed by atoms with E-state index in [2.05, 4.69) is 0 Å². The lowest BCUT2D eigenvalue weighted by molar-refractivity contribution is -0.138. The van der Waals surface area contributed by atoms with Crippen LogP contribution in [0.5, 0.6) is 0 Å². The Morgan fingerprint density at radius 3 is 1.64 bits per heavy atom. The van der Waals surface area contributed by atoms with Gasteiger partial charge in [0.1, 0.15) is 13.1 Å². The van der Waals surface area contributed by atoms with Gasteiger partial charge in [0.05, 0.1) is 22.1 Å². The van der Waals surface area contributed by atoms with Crippen molar-refractivity contribution in [3.63, 3.8) is 0 Å². The number of pyridine rings is 2. The second kappa shape index (κ2) is 12.6. The van der Waals surface area contributed by atoms with E-state index in [1.807, 2.05) is 64.1 Å². The van der Waals surface area contributed by atoms with Gasteiger partial charge in [-0.3, -0.25) is 19.2 Å². The SMILES string of the molecule is CCc1c(Cl)ccc2c(=O)c3ccc(C)cc3n(CC(=O)O)c12.CCc1cccc2c(=O)c3ccc(C)cc3n(CC(=O)O)c12. The number of rotatable bonds is 6. The zero-order valence-electron chi connectivity index (χ0n) is 25.5. The fourth-order valence-electron chi connectivity index (χ4n) is 6.06. The van der Waals surface area contributed by atoms with Crippen molar-refractivity contribution in [3.05, 3.63) is 114 Å². The van der Waals surface area contributed by atoms with Crippen LogP contribution in [-0.2, 0) is 35.5 Å². The van der Waals surface area contributed by atoms with Crippen LogP contribution in [0.4, 0.5) is 0 Å².